The first-order chi connectivity index (χ1) is 18.5. The van der Waals surface area contributed by atoms with E-state index in [0.717, 1.165) is 51.1 Å². The average Bonchev–Trinajstić information content (AvgIpc) is 3.48. The van der Waals surface area contributed by atoms with Gasteiger partial charge in [-0.2, -0.15) is 0 Å². The Kier molecular flexibility index (Phi) is 7.58. The molecule has 0 radical (unpaired) electrons. The Hall–Kier alpha value is -4.33. The molecule has 3 amide bonds. The van der Waals surface area contributed by atoms with Crippen molar-refractivity contribution in [2.45, 2.75) is 32.7 Å². The van der Waals surface area contributed by atoms with E-state index in [9.17, 15) is 14.4 Å². The highest BCUT2D eigenvalue weighted by Gasteiger charge is 2.26. The number of likely N-dealkylation sites (tertiary alicyclic amines) is 1. The standard InChI is InChI=1S/C30H32N4O4/c1-2-38-29(36)22-9-11-24(12-10-22)31-30(37)32-25-13-14-27(26(19-25)28(35)33-16-5-6-17-33)34-18-15-21-7-3-4-8-23(21)20-34/h3-4,7-14,19H,2,5-6,15-18,20H2,1H3,(H2,31,32,37). The lowest BCUT2D eigenvalue weighted by atomic mass is 9.98. The fourth-order valence-corrected chi connectivity index (χ4v) is 5.05. The second kappa shape index (κ2) is 11.4. The Morgan fingerprint density at radius 2 is 1.53 bits per heavy atom. The summed E-state index contributed by atoms with van der Waals surface area (Å²) in [5.74, 6) is -0.411. The molecule has 2 heterocycles. The van der Waals surface area contributed by atoms with Crippen LogP contribution in [-0.2, 0) is 17.7 Å². The Balaban J connectivity index is 1.33. The number of fused-ring (bicyclic) bond motifs is 1. The van der Waals surface area contributed by atoms with Crippen molar-refractivity contribution in [3.63, 3.8) is 0 Å². The minimum absolute atomic E-state index is 0.00466. The van der Waals surface area contributed by atoms with Crippen molar-refractivity contribution in [2.75, 3.05) is 41.8 Å². The first kappa shape index (κ1) is 25.3. The van der Waals surface area contributed by atoms with Crippen LogP contribution in [0.1, 0.15) is 51.6 Å². The largest absolute Gasteiger partial charge is 0.462 e. The van der Waals surface area contributed by atoms with Crippen molar-refractivity contribution >= 4 is 35.0 Å². The van der Waals surface area contributed by atoms with Gasteiger partial charge in [-0.25, -0.2) is 9.59 Å². The van der Waals surface area contributed by atoms with Crippen LogP contribution in [0.5, 0.6) is 0 Å². The number of carbonyl (C=O) groups is 3. The van der Waals surface area contributed by atoms with E-state index in [2.05, 4.69) is 39.8 Å². The Labute approximate surface area is 222 Å². The zero-order chi connectivity index (χ0) is 26.5. The zero-order valence-electron chi connectivity index (χ0n) is 21.5. The quantitative estimate of drug-likeness (QED) is 0.437. The molecule has 0 aromatic heterocycles. The Morgan fingerprint density at radius 1 is 0.842 bits per heavy atom. The number of urea groups is 1. The van der Waals surface area contributed by atoms with Crippen molar-refractivity contribution < 1.29 is 19.1 Å². The molecule has 8 nitrogen and oxygen atoms in total. The number of nitrogens with zero attached hydrogens (tertiary/aromatic N) is 2. The summed E-state index contributed by atoms with van der Waals surface area (Å²) in [6.45, 7) is 5.12. The van der Waals surface area contributed by atoms with Crippen molar-refractivity contribution in [3.05, 3.63) is 89.0 Å². The van der Waals surface area contributed by atoms with E-state index in [1.807, 2.05) is 17.0 Å². The van der Waals surface area contributed by atoms with Gasteiger partial charge in [-0.1, -0.05) is 24.3 Å². The number of amides is 3. The molecule has 0 aliphatic carbocycles. The van der Waals surface area contributed by atoms with Crippen LogP contribution in [0.25, 0.3) is 0 Å². The summed E-state index contributed by atoms with van der Waals surface area (Å²) in [6, 6.07) is 20.0. The van der Waals surface area contributed by atoms with Crippen LogP contribution in [-0.4, -0.2) is 49.0 Å². The second-order valence-electron chi connectivity index (χ2n) is 9.55. The highest BCUT2D eigenvalue weighted by Crippen LogP contribution is 2.31. The number of rotatable bonds is 6. The molecule has 0 bridgehead atoms. The highest BCUT2D eigenvalue weighted by molar-refractivity contribution is 6.04. The van der Waals surface area contributed by atoms with Gasteiger partial charge in [0.2, 0.25) is 0 Å². The topological polar surface area (TPSA) is 91.0 Å². The Bertz CT molecular complexity index is 1330. The first-order valence-corrected chi connectivity index (χ1v) is 13.1. The third-order valence-corrected chi connectivity index (χ3v) is 7.00. The van der Waals surface area contributed by atoms with Gasteiger partial charge in [0.15, 0.2) is 0 Å². The molecular weight excluding hydrogens is 480 g/mol. The Morgan fingerprint density at radius 3 is 2.26 bits per heavy atom. The van der Waals surface area contributed by atoms with Gasteiger partial charge >= 0.3 is 12.0 Å². The fraction of sp³-hybridized carbons (Fsp3) is 0.300. The molecule has 0 saturated carbocycles. The smallest absolute Gasteiger partial charge is 0.338 e. The maximum Gasteiger partial charge on any atom is 0.338 e. The van der Waals surface area contributed by atoms with Crippen molar-refractivity contribution in [2.24, 2.45) is 0 Å². The minimum atomic E-state index is -0.437. The molecule has 3 aromatic carbocycles. The molecule has 0 atom stereocenters. The predicted octanol–water partition coefficient (Wildman–Crippen LogP) is 5.31. The van der Waals surface area contributed by atoms with Gasteiger partial charge in [0.05, 0.1) is 17.7 Å². The van der Waals surface area contributed by atoms with Crippen LogP contribution >= 0.6 is 0 Å². The second-order valence-corrected chi connectivity index (χ2v) is 9.55. The van der Waals surface area contributed by atoms with Gasteiger partial charge in [0, 0.05) is 43.2 Å². The summed E-state index contributed by atoms with van der Waals surface area (Å²) in [5.41, 5.74) is 5.59. The zero-order valence-corrected chi connectivity index (χ0v) is 21.5. The molecule has 2 N–H and O–H groups in total. The van der Waals surface area contributed by atoms with Gasteiger partial charge in [-0.15, -0.1) is 0 Å². The average molecular weight is 513 g/mol. The lowest BCUT2D eigenvalue weighted by molar-refractivity contribution is 0.0526. The number of esters is 1. The van der Waals surface area contributed by atoms with E-state index < -0.39 is 12.0 Å². The van der Waals surface area contributed by atoms with Crippen molar-refractivity contribution in [3.8, 4) is 0 Å². The third-order valence-electron chi connectivity index (χ3n) is 7.00. The molecule has 3 aromatic rings. The summed E-state index contributed by atoms with van der Waals surface area (Å²) in [7, 11) is 0. The normalized spacial score (nSPS) is 14.6. The maximum absolute atomic E-state index is 13.6. The molecule has 2 aliphatic heterocycles. The molecule has 38 heavy (non-hydrogen) atoms. The SMILES string of the molecule is CCOC(=O)c1ccc(NC(=O)Nc2ccc(N3CCc4ccccc4C3)c(C(=O)N3CCCC3)c2)cc1. The fourth-order valence-electron chi connectivity index (χ4n) is 5.05. The molecule has 8 heteroatoms. The monoisotopic (exact) mass is 512 g/mol. The summed E-state index contributed by atoms with van der Waals surface area (Å²) in [4.78, 5) is 42.3. The third kappa shape index (κ3) is 5.64. The number of hydrogen-bond donors (Lipinski definition) is 2. The summed E-state index contributed by atoms with van der Waals surface area (Å²) in [5, 5.41) is 5.62. The molecule has 1 fully saturated rings. The van der Waals surface area contributed by atoms with Gasteiger partial charge in [0.1, 0.15) is 0 Å². The van der Waals surface area contributed by atoms with E-state index >= 15 is 0 Å². The molecule has 2 aliphatic rings. The van der Waals surface area contributed by atoms with Crippen molar-refractivity contribution in [1.82, 2.24) is 4.90 Å². The first-order valence-electron chi connectivity index (χ1n) is 13.1. The number of benzene rings is 3. The summed E-state index contributed by atoms with van der Waals surface area (Å²) < 4.78 is 4.99. The number of nitrogens with one attached hydrogen (secondary N) is 2. The van der Waals surface area contributed by atoms with E-state index in [1.54, 1.807) is 37.3 Å². The molecule has 1 saturated heterocycles. The summed E-state index contributed by atoms with van der Waals surface area (Å²) >= 11 is 0. The van der Waals surface area contributed by atoms with E-state index in [0.29, 0.717) is 29.1 Å². The number of ether oxygens (including phenoxy) is 1. The van der Waals surface area contributed by atoms with Gasteiger partial charge in [-0.05, 0) is 79.8 Å². The molecular formula is C30H32N4O4. The maximum atomic E-state index is 13.6. The van der Waals surface area contributed by atoms with Crippen LogP contribution < -0.4 is 15.5 Å². The van der Waals surface area contributed by atoms with E-state index in [-0.39, 0.29) is 5.91 Å². The van der Waals surface area contributed by atoms with Gasteiger partial charge < -0.3 is 25.2 Å². The number of carbonyl (C=O) groups excluding carboxylic acids is 3. The number of anilines is 3. The minimum Gasteiger partial charge on any atom is -0.462 e. The van der Waals surface area contributed by atoms with Crippen LogP contribution in [0.3, 0.4) is 0 Å². The van der Waals surface area contributed by atoms with Crippen LogP contribution in [0.4, 0.5) is 21.9 Å². The van der Waals surface area contributed by atoms with Crippen LogP contribution in [0, 0.1) is 0 Å². The lowest BCUT2D eigenvalue weighted by Crippen LogP contribution is -2.34. The van der Waals surface area contributed by atoms with Crippen LogP contribution in [0.15, 0.2) is 66.7 Å². The number of hydrogen-bond acceptors (Lipinski definition) is 5. The molecule has 196 valence electrons. The van der Waals surface area contributed by atoms with Crippen LogP contribution in [0.2, 0.25) is 0 Å². The van der Waals surface area contributed by atoms with Crippen molar-refractivity contribution in [1.29, 1.82) is 0 Å². The van der Waals surface area contributed by atoms with Gasteiger partial charge in [0.25, 0.3) is 5.91 Å². The highest BCUT2D eigenvalue weighted by atomic mass is 16.5. The van der Waals surface area contributed by atoms with Gasteiger partial charge in [-0.3, -0.25) is 4.79 Å². The predicted molar refractivity (Wildman–Crippen MR) is 148 cm³/mol. The van der Waals surface area contributed by atoms with E-state index in [1.165, 1.54) is 11.1 Å². The molecule has 0 spiro atoms. The molecule has 5 rings (SSSR count). The van der Waals surface area contributed by atoms with E-state index in [4.69, 9.17) is 4.74 Å². The summed E-state index contributed by atoms with van der Waals surface area (Å²) in [6.07, 6.45) is 2.94. The molecule has 0 unspecified atom stereocenters. The lowest BCUT2D eigenvalue weighted by Gasteiger charge is -2.33.